The molecule has 266 valence electrons. The van der Waals surface area contributed by atoms with E-state index >= 15 is 0 Å². The molecule has 0 spiro atoms. The van der Waals surface area contributed by atoms with Crippen molar-refractivity contribution in [2.75, 3.05) is 6.61 Å². The SMILES string of the molecule is CCCCCCCC/C=C\CCCCC(O)C(=O)NC(CO)C(O)/C=C/CCCCCCCCCCCCCCCCCCC. The first-order valence-electron chi connectivity index (χ1n) is 19.7. The summed E-state index contributed by atoms with van der Waals surface area (Å²) in [6.45, 7) is 4.15. The fourth-order valence-corrected chi connectivity index (χ4v) is 5.88. The standard InChI is InChI=1S/C40H77NO4/c1-3-5-7-9-11-13-15-17-18-19-20-21-22-23-25-26-28-30-32-34-38(43)37(36-42)41-40(45)39(44)35-33-31-29-27-24-16-14-12-10-8-6-4-2/h24,27,32,34,37-39,42-44H,3-23,25-26,28-31,33,35-36H2,1-2H3,(H,41,45)/b27-24-,34-32+. The van der Waals surface area contributed by atoms with Crippen LogP contribution in [0.4, 0.5) is 0 Å². The zero-order valence-corrected chi connectivity index (χ0v) is 30.0. The van der Waals surface area contributed by atoms with Gasteiger partial charge in [-0.2, -0.15) is 0 Å². The predicted octanol–water partition coefficient (Wildman–Crippen LogP) is 10.7. The molecular formula is C40H77NO4. The first-order chi connectivity index (χ1) is 22.1. The normalized spacial score (nSPS) is 14.0. The molecule has 0 aliphatic heterocycles. The maximum absolute atomic E-state index is 12.4. The quantitative estimate of drug-likeness (QED) is 0.0412. The molecule has 5 heteroatoms. The van der Waals surface area contributed by atoms with Gasteiger partial charge in [-0.05, 0) is 44.9 Å². The second-order valence-electron chi connectivity index (χ2n) is 13.5. The highest BCUT2D eigenvalue weighted by Gasteiger charge is 2.22. The Bertz CT molecular complexity index is 665. The van der Waals surface area contributed by atoms with Gasteiger partial charge in [0.1, 0.15) is 6.10 Å². The van der Waals surface area contributed by atoms with E-state index in [0.29, 0.717) is 6.42 Å². The summed E-state index contributed by atoms with van der Waals surface area (Å²) >= 11 is 0. The van der Waals surface area contributed by atoms with Gasteiger partial charge in [0, 0.05) is 0 Å². The third-order valence-electron chi connectivity index (χ3n) is 9.04. The molecule has 0 fully saturated rings. The summed E-state index contributed by atoms with van der Waals surface area (Å²) in [6.07, 6.45) is 42.0. The highest BCUT2D eigenvalue weighted by molar-refractivity contribution is 5.80. The van der Waals surface area contributed by atoms with E-state index in [-0.39, 0.29) is 6.61 Å². The molecule has 0 aromatic heterocycles. The molecule has 0 rings (SSSR count). The van der Waals surface area contributed by atoms with Crippen molar-refractivity contribution in [3.63, 3.8) is 0 Å². The van der Waals surface area contributed by atoms with Crippen LogP contribution in [0.1, 0.15) is 200 Å². The highest BCUT2D eigenvalue weighted by atomic mass is 16.3. The summed E-state index contributed by atoms with van der Waals surface area (Å²) in [7, 11) is 0. The van der Waals surface area contributed by atoms with Gasteiger partial charge in [-0.25, -0.2) is 0 Å². The van der Waals surface area contributed by atoms with Crippen molar-refractivity contribution in [3.05, 3.63) is 24.3 Å². The van der Waals surface area contributed by atoms with Crippen molar-refractivity contribution in [2.45, 2.75) is 218 Å². The maximum atomic E-state index is 12.4. The minimum absolute atomic E-state index is 0.369. The molecular weight excluding hydrogens is 558 g/mol. The van der Waals surface area contributed by atoms with Crippen LogP contribution in [0.15, 0.2) is 24.3 Å². The minimum Gasteiger partial charge on any atom is -0.394 e. The molecule has 4 N–H and O–H groups in total. The number of aliphatic hydroxyl groups is 3. The van der Waals surface area contributed by atoms with E-state index in [1.807, 2.05) is 6.08 Å². The Balaban J connectivity index is 3.72. The lowest BCUT2D eigenvalue weighted by molar-refractivity contribution is -0.131. The Hall–Kier alpha value is -1.17. The Morgan fingerprint density at radius 1 is 0.533 bits per heavy atom. The lowest BCUT2D eigenvalue weighted by Crippen LogP contribution is -2.48. The van der Waals surface area contributed by atoms with Crippen LogP contribution >= 0.6 is 0 Å². The monoisotopic (exact) mass is 636 g/mol. The molecule has 45 heavy (non-hydrogen) atoms. The number of rotatable bonds is 35. The van der Waals surface area contributed by atoms with Gasteiger partial charge in [0.2, 0.25) is 5.91 Å². The molecule has 0 heterocycles. The molecule has 0 aromatic carbocycles. The largest absolute Gasteiger partial charge is 0.394 e. The smallest absolute Gasteiger partial charge is 0.249 e. The van der Waals surface area contributed by atoms with Gasteiger partial charge in [0.05, 0.1) is 18.8 Å². The van der Waals surface area contributed by atoms with Gasteiger partial charge in [-0.1, -0.05) is 179 Å². The van der Waals surface area contributed by atoms with Gasteiger partial charge in [0.15, 0.2) is 0 Å². The zero-order valence-electron chi connectivity index (χ0n) is 30.0. The number of amides is 1. The van der Waals surface area contributed by atoms with Gasteiger partial charge in [-0.3, -0.25) is 4.79 Å². The van der Waals surface area contributed by atoms with E-state index in [0.717, 1.165) is 38.5 Å². The lowest BCUT2D eigenvalue weighted by Gasteiger charge is -2.21. The molecule has 5 nitrogen and oxygen atoms in total. The minimum atomic E-state index is -1.11. The second kappa shape index (κ2) is 35.7. The lowest BCUT2D eigenvalue weighted by atomic mass is 10.0. The summed E-state index contributed by atoms with van der Waals surface area (Å²) in [4.78, 5) is 12.4. The summed E-state index contributed by atoms with van der Waals surface area (Å²) in [6, 6.07) is -0.802. The van der Waals surface area contributed by atoms with Gasteiger partial charge < -0.3 is 20.6 Å². The Morgan fingerprint density at radius 3 is 1.29 bits per heavy atom. The topological polar surface area (TPSA) is 89.8 Å². The molecule has 0 saturated carbocycles. The maximum Gasteiger partial charge on any atom is 0.249 e. The molecule has 1 amide bonds. The van der Waals surface area contributed by atoms with E-state index in [1.165, 1.54) is 141 Å². The van der Waals surface area contributed by atoms with Crippen LogP contribution in [-0.4, -0.2) is 46.1 Å². The van der Waals surface area contributed by atoms with E-state index in [2.05, 4.69) is 31.3 Å². The van der Waals surface area contributed by atoms with Crippen molar-refractivity contribution >= 4 is 5.91 Å². The first-order valence-corrected chi connectivity index (χ1v) is 19.7. The fourth-order valence-electron chi connectivity index (χ4n) is 5.88. The van der Waals surface area contributed by atoms with E-state index < -0.39 is 24.2 Å². The predicted molar refractivity (Wildman–Crippen MR) is 195 cm³/mol. The molecule has 0 aliphatic carbocycles. The van der Waals surface area contributed by atoms with Crippen molar-refractivity contribution in [1.29, 1.82) is 0 Å². The van der Waals surface area contributed by atoms with Crippen molar-refractivity contribution < 1.29 is 20.1 Å². The molecule has 3 atom stereocenters. The third-order valence-corrected chi connectivity index (χ3v) is 9.04. The summed E-state index contributed by atoms with van der Waals surface area (Å²) < 4.78 is 0. The molecule has 0 bridgehead atoms. The van der Waals surface area contributed by atoms with Crippen LogP contribution in [-0.2, 0) is 4.79 Å². The Morgan fingerprint density at radius 2 is 0.889 bits per heavy atom. The molecule has 0 aromatic rings. The van der Waals surface area contributed by atoms with Gasteiger partial charge in [-0.15, -0.1) is 0 Å². The number of carbonyl (C=O) groups excluding carboxylic acids is 1. The summed E-state index contributed by atoms with van der Waals surface area (Å²) in [5.74, 6) is -0.520. The van der Waals surface area contributed by atoms with Crippen LogP contribution in [0.25, 0.3) is 0 Å². The van der Waals surface area contributed by atoms with Crippen molar-refractivity contribution in [2.24, 2.45) is 0 Å². The zero-order chi connectivity index (χ0) is 33.1. The molecule has 0 aliphatic rings. The fraction of sp³-hybridized carbons (Fsp3) is 0.875. The first kappa shape index (κ1) is 43.8. The number of nitrogens with one attached hydrogen (secondary N) is 1. The van der Waals surface area contributed by atoms with Crippen LogP contribution in [0.3, 0.4) is 0 Å². The highest BCUT2D eigenvalue weighted by Crippen LogP contribution is 2.15. The van der Waals surface area contributed by atoms with Crippen molar-refractivity contribution in [3.8, 4) is 0 Å². The average molecular weight is 636 g/mol. The Labute approximate surface area is 280 Å². The molecule has 0 radical (unpaired) electrons. The number of hydrogen-bond acceptors (Lipinski definition) is 4. The van der Waals surface area contributed by atoms with E-state index in [4.69, 9.17) is 0 Å². The van der Waals surface area contributed by atoms with Crippen LogP contribution < -0.4 is 5.32 Å². The van der Waals surface area contributed by atoms with Crippen molar-refractivity contribution in [1.82, 2.24) is 5.32 Å². The van der Waals surface area contributed by atoms with E-state index in [9.17, 15) is 20.1 Å². The summed E-state index contributed by atoms with van der Waals surface area (Å²) in [5.41, 5.74) is 0. The third kappa shape index (κ3) is 31.2. The number of unbranched alkanes of at least 4 members (excludes halogenated alkanes) is 25. The van der Waals surface area contributed by atoms with Gasteiger partial charge >= 0.3 is 0 Å². The number of aliphatic hydroxyl groups excluding tert-OH is 3. The van der Waals surface area contributed by atoms with E-state index in [1.54, 1.807) is 6.08 Å². The van der Waals surface area contributed by atoms with Crippen LogP contribution in [0.5, 0.6) is 0 Å². The Kier molecular flexibility index (Phi) is 34.8. The molecule has 3 unspecified atom stereocenters. The average Bonchev–Trinajstić information content (AvgIpc) is 3.04. The van der Waals surface area contributed by atoms with Gasteiger partial charge in [0.25, 0.3) is 0 Å². The summed E-state index contributed by atoms with van der Waals surface area (Å²) in [5, 5.41) is 33.0. The second-order valence-corrected chi connectivity index (χ2v) is 13.5. The molecule has 0 saturated heterocycles. The van der Waals surface area contributed by atoms with Crippen LogP contribution in [0, 0.1) is 0 Å². The number of allylic oxidation sites excluding steroid dienone is 3. The number of hydrogen-bond donors (Lipinski definition) is 4. The van der Waals surface area contributed by atoms with Crippen LogP contribution in [0.2, 0.25) is 0 Å². The number of carbonyl (C=O) groups is 1.